The summed E-state index contributed by atoms with van der Waals surface area (Å²) in [5.41, 5.74) is 13.7. The highest BCUT2D eigenvalue weighted by Gasteiger charge is 2.39. The maximum atomic E-state index is 14.5. The summed E-state index contributed by atoms with van der Waals surface area (Å²) >= 11 is 0. The molecular weight excluding hydrogens is 559 g/mol. The Morgan fingerprint density at radius 2 is 1.00 bits per heavy atom. The molecule has 2 N–H and O–H groups in total. The van der Waals surface area contributed by atoms with Crippen LogP contribution in [0.3, 0.4) is 0 Å². The van der Waals surface area contributed by atoms with Gasteiger partial charge in [-0.15, -0.1) is 0 Å². The number of amides is 2. The van der Waals surface area contributed by atoms with E-state index in [2.05, 4.69) is 0 Å². The molecule has 0 aliphatic heterocycles. The number of hydrogen-bond donors (Lipinski definition) is 1. The monoisotopic (exact) mass is 592 g/mol. The molecule has 8 heteroatoms. The van der Waals surface area contributed by atoms with Crippen molar-refractivity contribution in [1.82, 2.24) is 4.90 Å². The first kappa shape index (κ1) is 29.3. The van der Waals surface area contributed by atoms with Gasteiger partial charge in [-0.1, -0.05) is 97.1 Å². The highest BCUT2D eigenvalue weighted by molar-refractivity contribution is 5.94. The lowest BCUT2D eigenvalue weighted by molar-refractivity contribution is -0.134. The first-order valence-corrected chi connectivity index (χ1v) is 14.9. The minimum atomic E-state index is -1.82. The Morgan fingerprint density at radius 3 is 1.34 bits per heavy atom. The molecule has 7 nitrogen and oxygen atoms in total. The van der Waals surface area contributed by atoms with E-state index in [9.17, 15) is 18.8 Å². The Hall–Kier alpha value is -4.82. The van der Waals surface area contributed by atoms with Crippen LogP contribution in [0.15, 0.2) is 97.1 Å². The quantitative estimate of drug-likeness (QED) is 0.155. The molecule has 6 rings (SSSR count). The van der Waals surface area contributed by atoms with Crippen LogP contribution in [-0.2, 0) is 14.3 Å². The van der Waals surface area contributed by atoms with Gasteiger partial charge in [0.1, 0.15) is 19.3 Å². The zero-order chi connectivity index (χ0) is 30.6. The number of unbranched alkanes of at least 4 members (excludes halogenated alkanes) is 1. The van der Waals surface area contributed by atoms with Crippen LogP contribution < -0.4 is 5.73 Å². The highest BCUT2D eigenvalue weighted by atomic mass is 19.1. The van der Waals surface area contributed by atoms with Crippen LogP contribution >= 0.6 is 0 Å². The molecule has 0 fully saturated rings. The fraction of sp³-hybridized carbons (Fsp3) is 0.250. The number of benzene rings is 4. The van der Waals surface area contributed by atoms with Gasteiger partial charge in [-0.2, -0.15) is 9.29 Å². The zero-order valence-corrected chi connectivity index (χ0v) is 24.2. The average molecular weight is 593 g/mol. The van der Waals surface area contributed by atoms with E-state index in [1.54, 1.807) is 0 Å². The Balaban J connectivity index is 1.23. The van der Waals surface area contributed by atoms with Crippen molar-refractivity contribution in [2.24, 2.45) is 5.73 Å². The summed E-state index contributed by atoms with van der Waals surface area (Å²) in [5.74, 6) is -0.569. The Kier molecular flexibility index (Phi) is 8.52. The number of imide groups is 1. The second-order valence-corrected chi connectivity index (χ2v) is 11.1. The van der Waals surface area contributed by atoms with Crippen molar-refractivity contribution in [2.45, 2.75) is 37.1 Å². The molecule has 44 heavy (non-hydrogen) atoms. The highest BCUT2D eigenvalue weighted by Crippen LogP contribution is 2.46. The van der Waals surface area contributed by atoms with E-state index in [1.165, 1.54) is 0 Å². The number of halogens is 1. The smallest absolute Gasteiger partial charge is 0.420 e. The first-order valence-electron chi connectivity index (χ1n) is 14.9. The third kappa shape index (κ3) is 5.49. The molecule has 0 aromatic heterocycles. The predicted octanol–water partition coefficient (Wildman–Crippen LogP) is 7.18. The van der Waals surface area contributed by atoms with Crippen LogP contribution in [0.25, 0.3) is 22.3 Å². The van der Waals surface area contributed by atoms with Gasteiger partial charge >= 0.3 is 18.2 Å². The molecule has 1 atom stereocenters. The van der Waals surface area contributed by atoms with Gasteiger partial charge < -0.3 is 15.2 Å². The van der Waals surface area contributed by atoms with Crippen molar-refractivity contribution >= 4 is 18.2 Å². The van der Waals surface area contributed by atoms with Gasteiger partial charge in [0.2, 0.25) is 0 Å². The molecular formula is C36H33FN2O5. The molecule has 0 spiro atoms. The Bertz CT molecular complexity index is 1500. The summed E-state index contributed by atoms with van der Waals surface area (Å²) in [6.45, 7) is 0.120. The number of nitrogens with zero attached hydrogens (tertiary/aromatic N) is 1. The van der Waals surface area contributed by atoms with Crippen molar-refractivity contribution in [3.63, 3.8) is 0 Å². The van der Waals surface area contributed by atoms with Gasteiger partial charge in [-0.3, -0.25) is 4.79 Å². The van der Waals surface area contributed by atoms with Crippen LogP contribution in [-0.4, -0.2) is 48.9 Å². The lowest BCUT2D eigenvalue weighted by Crippen LogP contribution is -2.48. The van der Waals surface area contributed by atoms with Crippen LogP contribution in [0, 0.1) is 0 Å². The first-order chi connectivity index (χ1) is 21.5. The number of hydrogen-bond acceptors (Lipinski definition) is 6. The number of ether oxygens (including phenoxy) is 2. The van der Waals surface area contributed by atoms with E-state index >= 15 is 0 Å². The third-order valence-corrected chi connectivity index (χ3v) is 8.57. The van der Waals surface area contributed by atoms with E-state index < -0.39 is 24.3 Å². The summed E-state index contributed by atoms with van der Waals surface area (Å²) in [5, 5.41) is 0. The minimum Gasteiger partial charge on any atom is -0.448 e. The topological polar surface area (TPSA) is 98.9 Å². The molecule has 2 amide bonds. The fourth-order valence-electron chi connectivity index (χ4n) is 6.48. The number of nitrogens with two attached hydrogens (primary N) is 1. The number of carbonyl (C=O) groups excluding carboxylic acids is 3. The molecule has 2 aliphatic rings. The maximum absolute atomic E-state index is 14.5. The molecule has 4 aromatic carbocycles. The molecule has 2 aliphatic carbocycles. The molecule has 0 unspecified atom stereocenters. The van der Waals surface area contributed by atoms with Crippen LogP contribution in [0.4, 0.5) is 14.0 Å². The normalized spacial score (nSPS) is 13.8. The summed E-state index contributed by atoms with van der Waals surface area (Å²) < 4.78 is 25.9. The van der Waals surface area contributed by atoms with Crippen LogP contribution in [0.1, 0.15) is 53.4 Å². The van der Waals surface area contributed by atoms with Crippen molar-refractivity contribution in [3.8, 4) is 22.3 Å². The standard InChI is InChI=1S/C36H33FN2O5/c37-34(40)33(19-9-10-20-38)39(35(41)43-21-31-27-15-5-1-11-23(27)24-12-2-6-16-28(24)31)36(42)44-22-32-29-17-7-3-13-25(29)26-14-4-8-18-30(26)32/h1-8,11-18,31-33H,9-10,19-22,38H2/t33-/m0/s1. The van der Waals surface area contributed by atoms with Gasteiger partial charge in [0.05, 0.1) is 0 Å². The summed E-state index contributed by atoms with van der Waals surface area (Å²) in [6.07, 6.45) is -1.53. The lowest BCUT2D eigenvalue weighted by atomic mass is 9.98. The van der Waals surface area contributed by atoms with E-state index in [0.717, 1.165) is 44.5 Å². The van der Waals surface area contributed by atoms with Crippen LogP contribution in [0.5, 0.6) is 0 Å². The SMILES string of the molecule is NCCCC[C@@H](C(=O)F)N(C(=O)OCC1c2ccccc2-c2ccccc21)C(=O)OCC1c2ccccc2-c2ccccc21. The number of rotatable bonds is 10. The van der Waals surface area contributed by atoms with E-state index in [-0.39, 0.29) is 31.5 Å². The van der Waals surface area contributed by atoms with E-state index in [0.29, 0.717) is 24.3 Å². The largest absolute Gasteiger partial charge is 0.448 e. The van der Waals surface area contributed by atoms with Crippen molar-refractivity contribution in [1.29, 1.82) is 0 Å². The van der Waals surface area contributed by atoms with Crippen molar-refractivity contribution in [3.05, 3.63) is 119 Å². The Morgan fingerprint density at radius 1 is 0.636 bits per heavy atom. The molecule has 0 saturated heterocycles. The average Bonchev–Trinajstić information content (AvgIpc) is 3.54. The van der Waals surface area contributed by atoms with Gasteiger partial charge in [0, 0.05) is 11.8 Å². The predicted molar refractivity (Wildman–Crippen MR) is 165 cm³/mol. The van der Waals surface area contributed by atoms with Crippen molar-refractivity contribution < 1.29 is 28.2 Å². The fourth-order valence-corrected chi connectivity index (χ4v) is 6.48. The molecule has 0 saturated carbocycles. The third-order valence-electron chi connectivity index (χ3n) is 8.57. The molecule has 0 bridgehead atoms. The lowest BCUT2D eigenvalue weighted by Gasteiger charge is -2.27. The zero-order valence-electron chi connectivity index (χ0n) is 24.2. The van der Waals surface area contributed by atoms with Gasteiger partial charge in [0.25, 0.3) is 0 Å². The molecule has 0 heterocycles. The number of fused-ring (bicyclic) bond motifs is 6. The van der Waals surface area contributed by atoms with Crippen LogP contribution in [0.2, 0.25) is 0 Å². The Labute approximate surface area is 255 Å². The second-order valence-electron chi connectivity index (χ2n) is 11.1. The maximum Gasteiger partial charge on any atom is 0.420 e. The van der Waals surface area contributed by atoms with Gasteiger partial charge in [-0.05, 0) is 70.3 Å². The van der Waals surface area contributed by atoms with E-state index in [1.807, 2.05) is 97.1 Å². The summed E-state index contributed by atoms with van der Waals surface area (Å²) in [4.78, 5) is 39.9. The summed E-state index contributed by atoms with van der Waals surface area (Å²) in [7, 11) is 0. The minimum absolute atomic E-state index is 0.0963. The molecule has 224 valence electrons. The molecule has 4 aromatic rings. The van der Waals surface area contributed by atoms with Gasteiger partial charge in [0.15, 0.2) is 0 Å². The van der Waals surface area contributed by atoms with E-state index in [4.69, 9.17) is 15.2 Å². The summed E-state index contributed by atoms with van der Waals surface area (Å²) in [6, 6.07) is 27.9. The van der Waals surface area contributed by atoms with Gasteiger partial charge in [-0.25, -0.2) is 9.59 Å². The second kappa shape index (κ2) is 12.8. The number of carbonyl (C=O) groups is 3. The molecule has 0 radical (unpaired) electrons. The van der Waals surface area contributed by atoms with Crippen molar-refractivity contribution in [2.75, 3.05) is 19.8 Å².